The van der Waals surface area contributed by atoms with Crippen molar-refractivity contribution in [2.45, 2.75) is 13.5 Å². The van der Waals surface area contributed by atoms with Crippen LogP contribution in [0.4, 0.5) is 0 Å². The Morgan fingerprint density at radius 2 is 2.17 bits per heavy atom. The summed E-state index contributed by atoms with van der Waals surface area (Å²) in [5.41, 5.74) is 3.53. The molecule has 1 aromatic carbocycles. The summed E-state index contributed by atoms with van der Waals surface area (Å²) in [7, 11) is 0. The minimum atomic E-state index is 0.780. The van der Waals surface area contributed by atoms with Gasteiger partial charge in [-0.2, -0.15) is 5.10 Å². The maximum atomic E-state index is 5.35. The predicted molar refractivity (Wildman–Crippen MR) is 70.2 cm³/mol. The minimum absolute atomic E-state index is 0.780. The van der Waals surface area contributed by atoms with Gasteiger partial charge in [0.15, 0.2) is 0 Å². The van der Waals surface area contributed by atoms with Gasteiger partial charge in [-0.3, -0.25) is 4.68 Å². The van der Waals surface area contributed by atoms with E-state index >= 15 is 0 Å². The quantitative estimate of drug-likeness (QED) is 0.699. The largest absolute Gasteiger partial charge is 0.464 e. The van der Waals surface area contributed by atoms with Gasteiger partial charge in [0.2, 0.25) is 0 Å². The number of aryl methyl sites for hydroxylation is 1. The van der Waals surface area contributed by atoms with Crippen LogP contribution in [0.5, 0.6) is 0 Å². The average Bonchev–Trinajstić information content (AvgIpc) is 2.98. The van der Waals surface area contributed by atoms with Gasteiger partial charge < -0.3 is 4.42 Å². The fourth-order valence-corrected chi connectivity index (χ4v) is 2.02. The van der Waals surface area contributed by atoms with Crippen LogP contribution in [-0.2, 0) is 6.54 Å². The smallest absolute Gasteiger partial charge is 0.137 e. The molecule has 18 heavy (non-hydrogen) atoms. The topological polar surface area (TPSA) is 31.0 Å². The summed E-state index contributed by atoms with van der Waals surface area (Å²) in [4.78, 5) is 0. The molecule has 0 aliphatic heterocycles. The standard InChI is InChI=1S/C15H14N2O/c1-12-4-2-5-13(8-12)10-17-11-14(9-16-17)15-6-3-7-18-15/h2-9,11H,10H2,1H3. The summed E-state index contributed by atoms with van der Waals surface area (Å²) in [5, 5.41) is 4.35. The van der Waals surface area contributed by atoms with Crippen LogP contribution in [-0.4, -0.2) is 9.78 Å². The summed E-state index contributed by atoms with van der Waals surface area (Å²) in [6, 6.07) is 12.3. The highest BCUT2D eigenvalue weighted by atomic mass is 16.3. The van der Waals surface area contributed by atoms with Crippen molar-refractivity contribution in [2.24, 2.45) is 0 Å². The molecule has 2 heterocycles. The average molecular weight is 238 g/mol. The van der Waals surface area contributed by atoms with E-state index in [1.807, 2.05) is 29.2 Å². The number of rotatable bonds is 3. The molecule has 0 aliphatic rings. The molecule has 0 radical (unpaired) electrons. The van der Waals surface area contributed by atoms with E-state index in [1.165, 1.54) is 11.1 Å². The van der Waals surface area contributed by atoms with Gasteiger partial charge in [0, 0.05) is 6.20 Å². The van der Waals surface area contributed by atoms with Gasteiger partial charge in [0.1, 0.15) is 5.76 Å². The second kappa shape index (κ2) is 4.53. The molecule has 0 N–H and O–H groups in total. The molecule has 0 saturated heterocycles. The molecule has 3 rings (SSSR count). The summed E-state index contributed by atoms with van der Waals surface area (Å²) in [6.45, 7) is 2.88. The number of aromatic nitrogens is 2. The Bertz CT molecular complexity index is 638. The molecule has 0 amide bonds. The predicted octanol–water partition coefficient (Wildman–Crippen LogP) is 3.50. The van der Waals surface area contributed by atoms with E-state index in [9.17, 15) is 0 Å². The highest BCUT2D eigenvalue weighted by molar-refractivity contribution is 5.54. The molecule has 3 heteroatoms. The molecule has 90 valence electrons. The minimum Gasteiger partial charge on any atom is -0.464 e. The third kappa shape index (κ3) is 2.20. The zero-order valence-corrected chi connectivity index (χ0v) is 10.2. The molecule has 0 spiro atoms. The normalized spacial score (nSPS) is 10.7. The monoisotopic (exact) mass is 238 g/mol. The lowest BCUT2D eigenvalue weighted by Crippen LogP contribution is -1.99. The first kappa shape index (κ1) is 10.8. The van der Waals surface area contributed by atoms with Gasteiger partial charge in [0.05, 0.1) is 24.6 Å². The van der Waals surface area contributed by atoms with Crippen molar-refractivity contribution in [3.05, 3.63) is 66.2 Å². The molecule has 0 fully saturated rings. The van der Waals surface area contributed by atoms with Crippen LogP contribution in [0, 0.1) is 6.92 Å². The number of hydrogen-bond acceptors (Lipinski definition) is 2. The fourth-order valence-electron chi connectivity index (χ4n) is 2.02. The second-order valence-electron chi connectivity index (χ2n) is 4.39. The van der Waals surface area contributed by atoms with E-state index in [4.69, 9.17) is 4.42 Å². The molecule has 0 unspecified atom stereocenters. The molecular weight excluding hydrogens is 224 g/mol. The first-order chi connectivity index (χ1) is 8.81. The van der Waals surface area contributed by atoms with E-state index in [2.05, 4.69) is 36.3 Å². The van der Waals surface area contributed by atoms with Crippen LogP contribution in [0.25, 0.3) is 11.3 Å². The van der Waals surface area contributed by atoms with Gasteiger partial charge >= 0.3 is 0 Å². The molecule has 0 saturated carbocycles. The lowest BCUT2D eigenvalue weighted by atomic mass is 10.1. The van der Waals surface area contributed by atoms with Crippen molar-refractivity contribution >= 4 is 0 Å². The Morgan fingerprint density at radius 3 is 2.94 bits per heavy atom. The van der Waals surface area contributed by atoms with Crippen LogP contribution in [0.1, 0.15) is 11.1 Å². The fraction of sp³-hybridized carbons (Fsp3) is 0.133. The van der Waals surface area contributed by atoms with Crippen molar-refractivity contribution in [2.75, 3.05) is 0 Å². The molecule has 0 aliphatic carbocycles. The molecule has 0 bridgehead atoms. The van der Waals surface area contributed by atoms with Crippen molar-refractivity contribution < 1.29 is 4.42 Å². The lowest BCUT2D eigenvalue weighted by molar-refractivity contribution is 0.582. The highest BCUT2D eigenvalue weighted by Crippen LogP contribution is 2.19. The third-order valence-corrected chi connectivity index (χ3v) is 2.87. The zero-order valence-electron chi connectivity index (χ0n) is 10.2. The Morgan fingerprint density at radius 1 is 1.22 bits per heavy atom. The molecule has 3 aromatic rings. The number of nitrogens with zero attached hydrogens (tertiary/aromatic N) is 2. The number of benzene rings is 1. The zero-order chi connectivity index (χ0) is 12.4. The molecular formula is C15H14N2O. The van der Waals surface area contributed by atoms with Crippen LogP contribution in [0.2, 0.25) is 0 Å². The first-order valence-corrected chi connectivity index (χ1v) is 5.93. The maximum Gasteiger partial charge on any atom is 0.137 e. The van der Waals surface area contributed by atoms with Gasteiger partial charge in [-0.15, -0.1) is 0 Å². The van der Waals surface area contributed by atoms with Crippen LogP contribution >= 0.6 is 0 Å². The van der Waals surface area contributed by atoms with Gasteiger partial charge in [-0.25, -0.2) is 0 Å². The third-order valence-electron chi connectivity index (χ3n) is 2.87. The first-order valence-electron chi connectivity index (χ1n) is 5.93. The lowest BCUT2D eigenvalue weighted by Gasteiger charge is -2.02. The SMILES string of the molecule is Cc1cccc(Cn2cc(-c3ccco3)cn2)c1. The summed E-state index contributed by atoms with van der Waals surface area (Å²) in [5.74, 6) is 0.852. The van der Waals surface area contributed by atoms with E-state index < -0.39 is 0 Å². The Hall–Kier alpha value is -2.29. The van der Waals surface area contributed by atoms with Crippen LogP contribution in [0.3, 0.4) is 0 Å². The second-order valence-corrected chi connectivity index (χ2v) is 4.39. The van der Waals surface area contributed by atoms with Crippen LogP contribution in [0.15, 0.2) is 59.5 Å². The van der Waals surface area contributed by atoms with Crippen molar-refractivity contribution in [1.29, 1.82) is 0 Å². The number of hydrogen-bond donors (Lipinski definition) is 0. The molecule has 2 aromatic heterocycles. The van der Waals surface area contributed by atoms with Crippen molar-refractivity contribution in [3.63, 3.8) is 0 Å². The van der Waals surface area contributed by atoms with Crippen molar-refractivity contribution in [3.8, 4) is 11.3 Å². The Labute approximate surface area is 106 Å². The van der Waals surface area contributed by atoms with Crippen LogP contribution < -0.4 is 0 Å². The number of furan rings is 1. The van der Waals surface area contributed by atoms with Gasteiger partial charge in [0.25, 0.3) is 0 Å². The molecule has 0 atom stereocenters. The maximum absolute atomic E-state index is 5.35. The van der Waals surface area contributed by atoms with E-state index in [-0.39, 0.29) is 0 Å². The van der Waals surface area contributed by atoms with Crippen molar-refractivity contribution in [1.82, 2.24) is 9.78 Å². The summed E-state index contributed by atoms with van der Waals surface area (Å²) < 4.78 is 7.27. The Kier molecular flexibility index (Phi) is 2.73. The van der Waals surface area contributed by atoms with Gasteiger partial charge in [-0.1, -0.05) is 29.8 Å². The summed E-state index contributed by atoms with van der Waals surface area (Å²) in [6.07, 6.45) is 5.50. The van der Waals surface area contributed by atoms with E-state index in [0.29, 0.717) is 0 Å². The van der Waals surface area contributed by atoms with E-state index in [0.717, 1.165) is 17.9 Å². The summed E-state index contributed by atoms with van der Waals surface area (Å²) >= 11 is 0. The Balaban J connectivity index is 1.82. The highest BCUT2D eigenvalue weighted by Gasteiger charge is 2.04. The molecule has 3 nitrogen and oxygen atoms in total. The van der Waals surface area contributed by atoms with Gasteiger partial charge in [-0.05, 0) is 24.6 Å². The van der Waals surface area contributed by atoms with E-state index in [1.54, 1.807) is 6.26 Å².